The highest BCUT2D eigenvalue weighted by Gasteiger charge is 2.38. The first-order valence-corrected chi connectivity index (χ1v) is 8.39. The second-order valence-corrected chi connectivity index (χ2v) is 6.74. The minimum absolute atomic E-state index is 0.0539. The number of benzene rings is 1. The Balaban J connectivity index is 1.63. The van der Waals surface area contributed by atoms with Crippen LogP contribution in [0, 0.1) is 18.8 Å². The van der Waals surface area contributed by atoms with E-state index < -0.39 is 0 Å². The fraction of sp³-hybridized carbons (Fsp3) is 0.556. The Kier molecular flexibility index (Phi) is 4.66. The van der Waals surface area contributed by atoms with Gasteiger partial charge in [-0.25, -0.2) is 0 Å². The second kappa shape index (κ2) is 6.71. The number of anilines is 1. The molecule has 23 heavy (non-hydrogen) atoms. The van der Waals surface area contributed by atoms with Crippen LogP contribution >= 0.6 is 0 Å². The van der Waals surface area contributed by atoms with Crippen LogP contribution in [0.25, 0.3) is 0 Å². The number of likely N-dealkylation sites (tertiary alicyclic amines) is 1. The maximum atomic E-state index is 12.7. The summed E-state index contributed by atoms with van der Waals surface area (Å²) in [5.74, 6) is 0.538. The SMILES string of the molecule is CNCC1CCN(C(=O)C2CC(=O)N(c3ccc(C)cc3)C2)C1. The number of aryl methyl sites for hydroxylation is 1. The molecule has 0 aromatic heterocycles. The molecule has 0 aliphatic carbocycles. The van der Waals surface area contributed by atoms with E-state index in [0.717, 1.165) is 31.7 Å². The standard InChI is InChI=1S/C18H25N3O2/c1-13-3-5-16(6-4-13)21-12-15(9-17(21)22)18(23)20-8-7-14(11-20)10-19-2/h3-6,14-15,19H,7-12H2,1-2H3. The number of nitrogens with zero attached hydrogens (tertiary/aromatic N) is 2. The van der Waals surface area contributed by atoms with Gasteiger partial charge in [-0.1, -0.05) is 17.7 Å². The minimum atomic E-state index is -0.197. The van der Waals surface area contributed by atoms with E-state index in [4.69, 9.17) is 0 Å². The molecule has 2 atom stereocenters. The van der Waals surface area contributed by atoms with Crippen molar-refractivity contribution in [2.24, 2.45) is 11.8 Å². The fourth-order valence-corrected chi connectivity index (χ4v) is 3.59. The summed E-state index contributed by atoms with van der Waals surface area (Å²) in [6.07, 6.45) is 1.38. The lowest BCUT2D eigenvalue weighted by Crippen LogP contribution is -2.36. The lowest BCUT2D eigenvalue weighted by Gasteiger charge is -2.21. The Bertz CT molecular complexity index is 584. The van der Waals surface area contributed by atoms with Crippen molar-refractivity contribution in [2.45, 2.75) is 19.8 Å². The number of carbonyl (C=O) groups excluding carboxylic acids is 2. The molecule has 0 saturated carbocycles. The van der Waals surface area contributed by atoms with Gasteiger partial charge >= 0.3 is 0 Å². The molecular formula is C18H25N3O2. The predicted octanol–water partition coefficient (Wildman–Crippen LogP) is 1.42. The van der Waals surface area contributed by atoms with Crippen molar-refractivity contribution >= 4 is 17.5 Å². The van der Waals surface area contributed by atoms with E-state index in [1.807, 2.05) is 43.1 Å². The summed E-state index contributed by atoms with van der Waals surface area (Å²) < 4.78 is 0. The summed E-state index contributed by atoms with van der Waals surface area (Å²) in [5, 5.41) is 3.18. The molecule has 1 N–H and O–H groups in total. The Morgan fingerprint density at radius 1 is 1.26 bits per heavy atom. The first-order chi connectivity index (χ1) is 11.1. The van der Waals surface area contributed by atoms with E-state index in [1.54, 1.807) is 4.90 Å². The third-order valence-electron chi connectivity index (χ3n) is 4.91. The van der Waals surface area contributed by atoms with Gasteiger partial charge in [-0.05, 0) is 45.0 Å². The van der Waals surface area contributed by atoms with Gasteiger partial charge in [-0.3, -0.25) is 9.59 Å². The Hall–Kier alpha value is -1.88. The van der Waals surface area contributed by atoms with Crippen LogP contribution in [0.3, 0.4) is 0 Å². The predicted molar refractivity (Wildman–Crippen MR) is 90.3 cm³/mol. The van der Waals surface area contributed by atoms with Gasteiger partial charge in [0.25, 0.3) is 0 Å². The third kappa shape index (κ3) is 3.39. The number of rotatable bonds is 4. The number of carbonyl (C=O) groups is 2. The maximum Gasteiger partial charge on any atom is 0.228 e. The highest BCUT2D eigenvalue weighted by molar-refractivity contribution is 6.00. The van der Waals surface area contributed by atoms with Crippen LogP contribution in [0.4, 0.5) is 5.69 Å². The molecule has 2 aliphatic heterocycles. The van der Waals surface area contributed by atoms with Crippen molar-refractivity contribution in [3.8, 4) is 0 Å². The van der Waals surface area contributed by atoms with Crippen LogP contribution in [0.1, 0.15) is 18.4 Å². The molecule has 0 bridgehead atoms. The van der Waals surface area contributed by atoms with Gasteiger partial charge < -0.3 is 15.1 Å². The monoisotopic (exact) mass is 315 g/mol. The van der Waals surface area contributed by atoms with Crippen LogP contribution in [0.2, 0.25) is 0 Å². The molecule has 0 spiro atoms. The number of hydrogen-bond acceptors (Lipinski definition) is 3. The van der Waals surface area contributed by atoms with E-state index in [9.17, 15) is 9.59 Å². The quantitative estimate of drug-likeness (QED) is 0.914. The molecule has 2 unspecified atom stereocenters. The summed E-state index contributed by atoms with van der Waals surface area (Å²) in [5.41, 5.74) is 2.06. The van der Waals surface area contributed by atoms with Gasteiger partial charge in [0.15, 0.2) is 0 Å². The second-order valence-electron chi connectivity index (χ2n) is 6.74. The summed E-state index contributed by atoms with van der Waals surface area (Å²) in [4.78, 5) is 28.7. The average Bonchev–Trinajstić information content (AvgIpc) is 3.15. The number of amides is 2. The van der Waals surface area contributed by atoms with Gasteiger partial charge in [0.1, 0.15) is 0 Å². The Morgan fingerprint density at radius 2 is 2.00 bits per heavy atom. The molecule has 2 amide bonds. The van der Waals surface area contributed by atoms with E-state index >= 15 is 0 Å². The summed E-state index contributed by atoms with van der Waals surface area (Å²) in [6.45, 7) is 5.11. The minimum Gasteiger partial charge on any atom is -0.342 e. The number of hydrogen-bond donors (Lipinski definition) is 1. The molecule has 5 heteroatoms. The molecule has 0 radical (unpaired) electrons. The normalized spacial score (nSPS) is 24.5. The van der Waals surface area contributed by atoms with Gasteiger partial charge in [0.2, 0.25) is 11.8 Å². The van der Waals surface area contributed by atoms with Gasteiger partial charge in [-0.15, -0.1) is 0 Å². The Labute approximate surface area is 137 Å². The summed E-state index contributed by atoms with van der Waals surface area (Å²) in [6, 6.07) is 7.92. The van der Waals surface area contributed by atoms with Crippen molar-refractivity contribution in [1.82, 2.24) is 10.2 Å². The van der Waals surface area contributed by atoms with E-state index in [-0.39, 0.29) is 17.7 Å². The van der Waals surface area contributed by atoms with E-state index in [1.165, 1.54) is 5.56 Å². The van der Waals surface area contributed by atoms with Crippen LogP contribution in [-0.2, 0) is 9.59 Å². The largest absolute Gasteiger partial charge is 0.342 e. The van der Waals surface area contributed by atoms with Crippen molar-refractivity contribution < 1.29 is 9.59 Å². The van der Waals surface area contributed by atoms with Crippen molar-refractivity contribution in [1.29, 1.82) is 0 Å². The Morgan fingerprint density at radius 3 is 2.70 bits per heavy atom. The zero-order valence-electron chi connectivity index (χ0n) is 13.9. The zero-order valence-corrected chi connectivity index (χ0v) is 13.9. The van der Waals surface area contributed by atoms with Crippen molar-refractivity contribution in [3.05, 3.63) is 29.8 Å². The van der Waals surface area contributed by atoms with Gasteiger partial charge in [0, 0.05) is 31.7 Å². The van der Waals surface area contributed by atoms with E-state index in [2.05, 4.69) is 5.32 Å². The molecule has 5 nitrogen and oxygen atoms in total. The van der Waals surface area contributed by atoms with Gasteiger partial charge in [0.05, 0.1) is 5.92 Å². The highest BCUT2D eigenvalue weighted by Crippen LogP contribution is 2.28. The van der Waals surface area contributed by atoms with Crippen LogP contribution in [-0.4, -0.2) is 49.9 Å². The van der Waals surface area contributed by atoms with Crippen molar-refractivity contribution in [2.75, 3.05) is 38.1 Å². The molecule has 124 valence electrons. The van der Waals surface area contributed by atoms with Crippen LogP contribution in [0.5, 0.6) is 0 Å². The molecule has 2 fully saturated rings. The van der Waals surface area contributed by atoms with E-state index in [0.29, 0.717) is 18.9 Å². The molecule has 2 heterocycles. The molecule has 1 aromatic rings. The molecule has 2 saturated heterocycles. The average molecular weight is 315 g/mol. The summed E-state index contributed by atoms with van der Waals surface area (Å²) in [7, 11) is 1.94. The van der Waals surface area contributed by atoms with Gasteiger partial charge in [-0.2, -0.15) is 0 Å². The molecule has 3 rings (SSSR count). The lowest BCUT2D eigenvalue weighted by atomic mass is 10.1. The lowest BCUT2D eigenvalue weighted by molar-refractivity contribution is -0.134. The van der Waals surface area contributed by atoms with Crippen molar-refractivity contribution in [3.63, 3.8) is 0 Å². The first-order valence-electron chi connectivity index (χ1n) is 8.39. The summed E-state index contributed by atoms with van der Waals surface area (Å²) >= 11 is 0. The topological polar surface area (TPSA) is 52.7 Å². The zero-order chi connectivity index (χ0) is 16.4. The first kappa shape index (κ1) is 16.0. The smallest absolute Gasteiger partial charge is 0.228 e. The highest BCUT2D eigenvalue weighted by atomic mass is 16.2. The maximum absolute atomic E-state index is 12.7. The molecular weight excluding hydrogens is 290 g/mol. The van der Waals surface area contributed by atoms with Crippen LogP contribution < -0.4 is 10.2 Å². The van der Waals surface area contributed by atoms with Crippen LogP contribution in [0.15, 0.2) is 24.3 Å². The molecule has 2 aliphatic rings. The molecule has 1 aromatic carbocycles. The fourth-order valence-electron chi connectivity index (χ4n) is 3.59. The number of nitrogens with one attached hydrogen (secondary N) is 1. The third-order valence-corrected chi connectivity index (χ3v) is 4.91.